The van der Waals surface area contributed by atoms with E-state index >= 15 is 0 Å². The summed E-state index contributed by atoms with van der Waals surface area (Å²) in [7, 11) is 1.88. The van der Waals surface area contributed by atoms with Crippen LogP contribution in [0.15, 0.2) is 36.5 Å². The highest BCUT2D eigenvalue weighted by Crippen LogP contribution is 2.26. The Morgan fingerprint density at radius 3 is 2.72 bits per heavy atom. The summed E-state index contributed by atoms with van der Waals surface area (Å²) in [6, 6.07) is 9.51. The van der Waals surface area contributed by atoms with E-state index in [0.29, 0.717) is 5.56 Å². The first-order valence-corrected chi connectivity index (χ1v) is 8.42. The Balaban J connectivity index is 1.86. The van der Waals surface area contributed by atoms with Crippen molar-refractivity contribution in [2.75, 3.05) is 0 Å². The average molecular weight is 337 g/mol. The van der Waals surface area contributed by atoms with Crippen molar-refractivity contribution >= 4 is 5.91 Å². The standard InChI is InChI=1S/C19H23N5O/c1-5-16(17-9-10-20-24(17)4)21-19(25)15-8-6-7-14(11-15)18-12(2)22-23-13(18)3/h6-11,16H,5H2,1-4H3,(H,21,25)(H,22,23)/t16-/m1/s1. The Labute approximate surface area is 147 Å². The number of aromatic nitrogens is 4. The molecule has 130 valence electrons. The molecule has 2 heterocycles. The molecule has 0 spiro atoms. The zero-order valence-electron chi connectivity index (χ0n) is 15.0. The summed E-state index contributed by atoms with van der Waals surface area (Å²) >= 11 is 0. The van der Waals surface area contributed by atoms with Crippen LogP contribution in [0.2, 0.25) is 0 Å². The second kappa shape index (κ2) is 6.93. The second-order valence-electron chi connectivity index (χ2n) is 6.20. The Morgan fingerprint density at radius 1 is 1.32 bits per heavy atom. The van der Waals surface area contributed by atoms with Crippen LogP contribution in [0.5, 0.6) is 0 Å². The number of carbonyl (C=O) groups excluding carboxylic acids is 1. The van der Waals surface area contributed by atoms with Crippen LogP contribution in [-0.2, 0) is 7.05 Å². The SMILES string of the molecule is CC[C@@H](NC(=O)c1cccc(-c2c(C)n[nH]c2C)c1)c1ccnn1C. The van der Waals surface area contributed by atoms with E-state index in [1.54, 1.807) is 10.9 Å². The molecule has 2 aromatic heterocycles. The van der Waals surface area contributed by atoms with Crippen LogP contribution in [0, 0.1) is 13.8 Å². The Morgan fingerprint density at radius 2 is 2.12 bits per heavy atom. The van der Waals surface area contributed by atoms with Crippen LogP contribution < -0.4 is 5.32 Å². The third kappa shape index (κ3) is 3.33. The maximum absolute atomic E-state index is 12.7. The number of benzene rings is 1. The van der Waals surface area contributed by atoms with Crippen molar-refractivity contribution < 1.29 is 4.79 Å². The lowest BCUT2D eigenvalue weighted by Crippen LogP contribution is -2.29. The Kier molecular flexibility index (Phi) is 4.70. The molecule has 1 amide bonds. The van der Waals surface area contributed by atoms with Crippen LogP contribution in [-0.4, -0.2) is 25.9 Å². The van der Waals surface area contributed by atoms with Gasteiger partial charge in [-0.2, -0.15) is 10.2 Å². The monoisotopic (exact) mass is 337 g/mol. The van der Waals surface area contributed by atoms with Crippen molar-refractivity contribution in [3.8, 4) is 11.1 Å². The molecule has 0 aliphatic heterocycles. The lowest BCUT2D eigenvalue weighted by Gasteiger charge is -2.17. The van der Waals surface area contributed by atoms with Crippen LogP contribution in [0.3, 0.4) is 0 Å². The number of aromatic amines is 1. The van der Waals surface area contributed by atoms with Crippen molar-refractivity contribution in [2.45, 2.75) is 33.2 Å². The normalized spacial score (nSPS) is 12.2. The smallest absolute Gasteiger partial charge is 0.251 e. The third-order valence-corrected chi connectivity index (χ3v) is 4.47. The molecule has 25 heavy (non-hydrogen) atoms. The van der Waals surface area contributed by atoms with Gasteiger partial charge in [0, 0.05) is 30.1 Å². The summed E-state index contributed by atoms with van der Waals surface area (Å²) < 4.78 is 1.79. The molecular formula is C19H23N5O. The molecule has 0 unspecified atom stereocenters. The molecule has 0 aliphatic rings. The summed E-state index contributed by atoms with van der Waals surface area (Å²) in [5, 5.41) is 14.5. The average Bonchev–Trinajstić information content (AvgIpc) is 3.18. The number of nitrogens with zero attached hydrogens (tertiary/aromatic N) is 3. The number of H-pyrrole nitrogens is 1. The highest BCUT2D eigenvalue weighted by Gasteiger charge is 2.18. The molecule has 3 aromatic rings. The van der Waals surface area contributed by atoms with Gasteiger partial charge in [0.2, 0.25) is 0 Å². The lowest BCUT2D eigenvalue weighted by molar-refractivity contribution is 0.0934. The van der Waals surface area contributed by atoms with E-state index in [1.165, 1.54) is 0 Å². The molecule has 2 N–H and O–H groups in total. The summed E-state index contributed by atoms with van der Waals surface area (Å²) in [5.41, 5.74) is 5.60. The topological polar surface area (TPSA) is 75.6 Å². The highest BCUT2D eigenvalue weighted by atomic mass is 16.1. The maximum Gasteiger partial charge on any atom is 0.251 e. The zero-order valence-corrected chi connectivity index (χ0v) is 15.0. The van der Waals surface area contributed by atoms with Gasteiger partial charge in [0.25, 0.3) is 5.91 Å². The van der Waals surface area contributed by atoms with E-state index in [0.717, 1.165) is 34.6 Å². The summed E-state index contributed by atoms with van der Waals surface area (Å²) in [5.74, 6) is -0.0892. The Hall–Kier alpha value is -2.89. The molecule has 0 bridgehead atoms. The van der Waals surface area contributed by atoms with E-state index in [4.69, 9.17) is 0 Å². The minimum Gasteiger partial charge on any atom is -0.344 e. The van der Waals surface area contributed by atoms with Crippen molar-refractivity contribution in [3.63, 3.8) is 0 Å². The molecule has 0 aliphatic carbocycles. The zero-order chi connectivity index (χ0) is 18.0. The number of rotatable bonds is 5. The van der Waals surface area contributed by atoms with E-state index < -0.39 is 0 Å². The first-order chi connectivity index (χ1) is 12.0. The third-order valence-electron chi connectivity index (χ3n) is 4.47. The first-order valence-electron chi connectivity index (χ1n) is 8.42. The van der Waals surface area contributed by atoms with Crippen molar-refractivity contribution in [3.05, 3.63) is 59.2 Å². The van der Waals surface area contributed by atoms with E-state index in [1.807, 2.05) is 58.2 Å². The fourth-order valence-corrected chi connectivity index (χ4v) is 3.14. The Bertz CT molecular complexity index is 873. The van der Waals surface area contributed by atoms with Gasteiger partial charge < -0.3 is 5.32 Å². The number of hydrogen-bond donors (Lipinski definition) is 2. The molecule has 3 rings (SSSR count). The predicted molar refractivity (Wildman–Crippen MR) is 97.2 cm³/mol. The van der Waals surface area contributed by atoms with Crippen molar-refractivity contribution in [1.29, 1.82) is 0 Å². The molecule has 1 aromatic carbocycles. The van der Waals surface area contributed by atoms with E-state index in [9.17, 15) is 4.79 Å². The summed E-state index contributed by atoms with van der Waals surface area (Å²) in [6.45, 7) is 5.99. The van der Waals surface area contributed by atoms with Gasteiger partial charge in [0.1, 0.15) is 0 Å². The van der Waals surface area contributed by atoms with Gasteiger partial charge in [0.15, 0.2) is 0 Å². The molecule has 6 nitrogen and oxygen atoms in total. The van der Waals surface area contributed by atoms with Gasteiger partial charge in [0.05, 0.1) is 17.4 Å². The van der Waals surface area contributed by atoms with Crippen LogP contribution in [0.1, 0.15) is 46.8 Å². The fraction of sp³-hybridized carbons (Fsp3) is 0.316. The highest BCUT2D eigenvalue weighted by molar-refractivity contribution is 5.95. The minimum atomic E-state index is -0.0892. The van der Waals surface area contributed by atoms with Crippen LogP contribution in [0.25, 0.3) is 11.1 Å². The van der Waals surface area contributed by atoms with Crippen molar-refractivity contribution in [1.82, 2.24) is 25.3 Å². The summed E-state index contributed by atoms with van der Waals surface area (Å²) in [6.07, 6.45) is 2.54. The summed E-state index contributed by atoms with van der Waals surface area (Å²) in [4.78, 5) is 12.7. The van der Waals surface area contributed by atoms with Gasteiger partial charge >= 0.3 is 0 Å². The number of carbonyl (C=O) groups is 1. The quantitative estimate of drug-likeness (QED) is 0.750. The number of amides is 1. The maximum atomic E-state index is 12.7. The molecule has 0 fully saturated rings. The fourth-order valence-electron chi connectivity index (χ4n) is 3.14. The molecule has 0 saturated heterocycles. The minimum absolute atomic E-state index is 0.0685. The number of hydrogen-bond acceptors (Lipinski definition) is 3. The molecular weight excluding hydrogens is 314 g/mol. The second-order valence-corrected chi connectivity index (χ2v) is 6.20. The molecule has 0 radical (unpaired) electrons. The van der Waals surface area contributed by atoms with E-state index in [2.05, 4.69) is 20.6 Å². The first kappa shape index (κ1) is 17.0. The number of aryl methyl sites for hydroxylation is 3. The van der Waals surface area contributed by atoms with Gasteiger partial charge in [-0.15, -0.1) is 0 Å². The van der Waals surface area contributed by atoms with Gasteiger partial charge in [-0.1, -0.05) is 19.1 Å². The molecule has 1 atom stereocenters. The van der Waals surface area contributed by atoms with Gasteiger partial charge in [-0.05, 0) is 44.0 Å². The molecule has 0 saturated carbocycles. The van der Waals surface area contributed by atoms with E-state index in [-0.39, 0.29) is 11.9 Å². The predicted octanol–water partition coefficient (Wildman–Crippen LogP) is 3.31. The van der Waals surface area contributed by atoms with Crippen LogP contribution in [0.4, 0.5) is 0 Å². The van der Waals surface area contributed by atoms with Crippen LogP contribution >= 0.6 is 0 Å². The lowest BCUT2D eigenvalue weighted by atomic mass is 10.0. The van der Waals surface area contributed by atoms with Gasteiger partial charge in [-0.25, -0.2) is 0 Å². The number of nitrogens with one attached hydrogen (secondary N) is 2. The van der Waals surface area contributed by atoms with Gasteiger partial charge in [-0.3, -0.25) is 14.6 Å². The molecule has 6 heteroatoms. The van der Waals surface area contributed by atoms with Crippen molar-refractivity contribution in [2.24, 2.45) is 7.05 Å². The largest absolute Gasteiger partial charge is 0.344 e.